The molecule has 1 aromatic heterocycles. The molecule has 0 fully saturated rings. The van der Waals surface area contributed by atoms with Crippen LogP contribution >= 0.6 is 11.3 Å². The molecule has 9 heteroatoms. The van der Waals surface area contributed by atoms with Crippen LogP contribution in [0.4, 0.5) is 9.18 Å². The Bertz CT molecular complexity index is 905. The Morgan fingerprint density at radius 1 is 1.27 bits per heavy atom. The summed E-state index contributed by atoms with van der Waals surface area (Å²) in [4.78, 5) is 30.6. The first-order valence-electron chi connectivity index (χ1n) is 11.3. The lowest BCUT2D eigenvalue weighted by atomic mass is 10.0. The van der Waals surface area contributed by atoms with Gasteiger partial charge in [0.15, 0.2) is 0 Å². The van der Waals surface area contributed by atoms with E-state index >= 15 is 0 Å². The monoisotopic (exact) mass is 477 g/mol. The third-order valence-corrected chi connectivity index (χ3v) is 6.55. The lowest BCUT2D eigenvalue weighted by Crippen LogP contribution is -2.50. The molecule has 1 atom stereocenters. The summed E-state index contributed by atoms with van der Waals surface area (Å²) in [6.07, 6.45) is 2.24. The maximum absolute atomic E-state index is 13.4. The standard InChI is InChI=1S/C24H32FN3O4S/c1-3-11-26-24(30)27(12-4-14-31-2)16-23(29)28-13-9-22-20(10-15-33-22)21(28)17-32-19-7-5-18(25)6-8-19/h5-8,10,15,21H,3-4,9,11-14,16-17H2,1-2H3,(H,26,30)/t21-/m0/s1. The molecule has 2 aromatic rings. The van der Waals surface area contributed by atoms with Gasteiger partial charge in [0.2, 0.25) is 5.91 Å². The van der Waals surface area contributed by atoms with Crippen molar-refractivity contribution in [3.8, 4) is 5.75 Å². The molecule has 1 aromatic carbocycles. The molecule has 7 nitrogen and oxygen atoms in total. The van der Waals surface area contributed by atoms with Crippen molar-refractivity contribution in [2.24, 2.45) is 0 Å². The van der Waals surface area contributed by atoms with Crippen molar-refractivity contribution in [3.05, 3.63) is 52.0 Å². The van der Waals surface area contributed by atoms with Crippen LogP contribution in [0.1, 0.15) is 36.2 Å². The number of fused-ring (bicyclic) bond motifs is 1. The van der Waals surface area contributed by atoms with Crippen molar-refractivity contribution in [1.82, 2.24) is 15.1 Å². The Morgan fingerprint density at radius 2 is 2.06 bits per heavy atom. The van der Waals surface area contributed by atoms with E-state index in [4.69, 9.17) is 9.47 Å². The van der Waals surface area contributed by atoms with E-state index in [2.05, 4.69) is 5.32 Å². The van der Waals surface area contributed by atoms with Gasteiger partial charge in [0.1, 0.15) is 24.7 Å². The molecule has 2 heterocycles. The van der Waals surface area contributed by atoms with Gasteiger partial charge in [-0.1, -0.05) is 6.92 Å². The van der Waals surface area contributed by atoms with Crippen molar-refractivity contribution >= 4 is 23.3 Å². The Balaban J connectivity index is 1.71. The van der Waals surface area contributed by atoms with Crippen LogP contribution in [0.2, 0.25) is 0 Å². The van der Waals surface area contributed by atoms with Crippen molar-refractivity contribution < 1.29 is 23.5 Å². The van der Waals surface area contributed by atoms with Crippen LogP contribution in [0.3, 0.4) is 0 Å². The molecule has 1 aliphatic heterocycles. The van der Waals surface area contributed by atoms with Gasteiger partial charge in [-0.25, -0.2) is 9.18 Å². The van der Waals surface area contributed by atoms with Crippen LogP contribution in [-0.4, -0.2) is 68.2 Å². The minimum absolute atomic E-state index is 0.00815. The van der Waals surface area contributed by atoms with Gasteiger partial charge in [-0.2, -0.15) is 0 Å². The zero-order chi connectivity index (χ0) is 23.6. The molecule has 33 heavy (non-hydrogen) atoms. The molecule has 0 spiro atoms. The highest BCUT2D eigenvalue weighted by Crippen LogP contribution is 2.34. The molecule has 3 amide bonds. The van der Waals surface area contributed by atoms with E-state index in [1.165, 1.54) is 17.0 Å². The number of thiophene rings is 1. The SMILES string of the molecule is CCCNC(=O)N(CCCOC)CC(=O)N1CCc2sccc2[C@@H]1COc1ccc(F)cc1. The number of halogens is 1. The number of carbonyl (C=O) groups excluding carboxylic acids is 2. The molecule has 0 saturated carbocycles. The normalized spacial score (nSPS) is 15.1. The molecule has 0 bridgehead atoms. The van der Waals surface area contributed by atoms with Crippen molar-refractivity contribution in [1.29, 1.82) is 0 Å². The number of methoxy groups -OCH3 is 1. The number of amides is 3. The second kappa shape index (κ2) is 12.6. The number of ether oxygens (including phenoxy) is 2. The van der Waals surface area contributed by atoms with Gasteiger partial charge in [0, 0.05) is 38.2 Å². The number of carbonyl (C=O) groups is 2. The molecule has 1 N–H and O–H groups in total. The quantitative estimate of drug-likeness (QED) is 0.499. The molecule has 0 unspecified atom stereocenters. The number of nitrogens with zero attached hydrogens (tertiary/aromatic N) is 2. The predicted molar refractivity (Wildman–Crippen MR) is 126 cm³/mol. The van der Waals surface area contributed by atoms with Gasteiger partial charge < -0.3 is 24.6 Å². The summed E-state index contributed by atoms with van der Waals surface area (Å²) in [5.74, 6) is 0.0989. The van der Waals surface area contributed by atoms with E-state index in [9.17, 15) is 14.0 Å². The third kappa shape index (κ3) is 6.91. The molecule has 0 radical (unpaired) electrons. The molecule has 180 valence electrons. The Labute approximate surface area is 198 Å². The predicted octanol–water partition coefficient (Wildman–Crippen LogP) is 3.85. The first kappa shape index (κ1) is 25.0. The largest absolute Gasteiger partial charge is 0.491 e. The van der Waals surface area contributed by atoms with E-state index in [1.54, 1.807) is 40.4 Å². The van der Waals surface area contributed by atoms with Crippen molar-refractivity contribution in [2.75, 3.05) is 46.5 Å². The maximum Gasteiger partial charge on any atom is 0.317 e. The molecule has 0 aliphatic carbocycles. The Hall–Kier alpha value is -2.65. The molecular weight excluding hydrogens is 445 g/mol. The summed E-state index contributed by atoms with van der Waals surface area (Å²) in [5.41, 5.74) is 1.07. The fraction of sp³-hybridized carbons (Fsp3) is 0.500. The van der Waals surface area contributed by atoms with E-state index in [0.717, 1.165) is 18.4 Å². The van der Waals surface area contributed by atoms with E-state index in [1.807, 2.05) is 18.4 Å². The van der Waals surface area contributed by atoms with Gasteiger partial charge in [-0.15, -0.1) is 11.3 Å². The summed E-state index contributed by atoms with van der Waals surface area (Å²) >= 11 is 1.68. The van der Waals surface area contributed by atoms with Gasteiger partial charge in [-0.3, -0.25) is 4.79 Å². The minimum atomic E-state index is -0.327. The highest BCUT2D eigenvalue weighted by Gasteiger charge is 2.33. The van der Waals surface area contributed by atoms with Crippen LogP contribution in [-0.2, 0) is 16.0 Å². The van der Waals surface area contributed by atoms with E-state index < -0.39 is 0 Å². The number of urea groups is 1. The fourth-order valence-electron chi connectivity index (χ4n) is 3.83. The van der Waals surface area contributed by atoms with Gasteiger partial charge in [0.05, 0.1) is 6.04 Å². The summed E-state index contributed by atoms with van der Waals surface area (Å²) in [6, 6.07) is 7.38. The second-order valence-corrected chi connectivity index (χ2v) is 8.92. The van der Waals surface area contributed by atoms with Crippen molar-refractivity contribution in [3.63, 3.8) is 0 Å². The smallest absolute Gasteiger partial charge is 0.317 e. The van der Waals surface area contributed by atoms with Crippen LogP contribution in [0, 0.1) is 5.82 Å². The first-order chi connectivity index (χ1) is 16.0. The van der Waals surface area contributed by atoms with Crippen molar-refractivity contribution in [2.45, 2.75) is 32.2 Å². The average Bonchev–Trinajstić information content (AvgIpc) is 3.30. The summed E-state index contributed by atoms with van der Waals surface area (Å²) in [5, 5.41) is 4.89. The fourth-order valence-corrected chi connectivity index (χ4v) is 4.76. The van der Waals surface area contributed by atoms with E-state index in [-0.39, 0.29) is 36.9 Å². The number of benzene rings is 1. The van der Waals surface area contributed by atoms with Crippen LogP contribution in [0.25, 0.3) is 0 Å². The molecule has 3 rings (SSSR count). The van der Waals surface area contributed by atoms with Crippen LogP contribution in [0.15, 0.2) is 35.7 Å². The number of hydrogen-bond acceptors (Lipinski definition) is 5. The number of hydrogen-bond donors (Lipinski definition) is 1. The second-order valence-electron chi connectivity index (χ2n) is 7.92. The summed E-state index contributed by atoms with van der Waals surface area (Å²) in [6.45, 7) is 4.30. The third-order valence-electron chi connectivity index (χ3n) is 5.55. The van der Waals surface area contributed by atoms with Gasteiger partial charge in [0.25, 0.3) is 0 Å². The topological polar surface area (TPSA) is 71.1 Å². The van der Waals surface area contributed by atoms with E-state index in [0.29, 0.717) is 38.4 Å². The Morgan fingerprint density at radius 3 is 2.79 bits per heavy atom. The first-order valence-corrected chi connectivity index (χ1v) is 12.2. The lowest BCUT2D eigenvalue weighted by molar-refractivity contribution is -0.135. The molecular formula is C24H32FN3O4S. The van der Waals surface area contributed by atoms with Gasteiger partial charge >= 0.3 is 6.03 Å². The zero-order valence-corrected chi connectivity index (χ0v) is 20.0. The van der Waals surface area contributed by atoms with Gasteiger partial charge in [-0.05, 0) is 60.5 Å². The van der Waals surface area contributed by atoms with Crippen LogP contribution < -0.4 is 10.1 Å². The highest BCUT2D eigenvalue weighted by atomic mass is 32.1. The summed E-state index contributed by atoms with van der Waals surface area (Å²) in [7, 11) is 1.62. The molecule has 1 aliphatic rings. The molecule has 0 saturated heterocycles. The maximum atomic E-state index is 13.4. The minimum Gasteiger partial charge on any atom is -0.491 e. The summed E-state index contributed by atoms with van der Waals surface area (Å²) < 4.78 is 24.3. The number of nitrogens with one attached hydrogen (secondary N) is 1. The zero-order valence-electron chi connectivity index (χ0n) is 19.2. The lowest BCUT2D eigenvalue weighted by Gasteiger charge is -2.37. The van der Waals surface area contributed by atoms with Crippen LogP contribution in [0.5, 0.6) is 5.75 Å². The Kier molecular flexibility index (Phi) is 9.50. The highest BCUT2D eigenvalue weighted by molar-refractivity contribution is 7.10. The average molecular weight is 478 g/mol. The number of rotatable bonds is 11.